The number of hydrogen-bond donors (Lipinski definition) is 2. The third-order valence-corrected chi connectivity index (χ3v) is 6.60. The Morgan fingerprint density at radius 3 is 2.43 bits per heavy atom. The molecule has 2 unspecified atom stereocenters. The quantitative estimate of drug-likeness (QED) is 0.591. The van der Waals surface area contributed by atoms with Gasteiger partial charge in [0.15, 0.2) is 11.5 Å². The van der Waals surface area contributed by atoms with E-state index in [0.29, 0.717) is 6.54 Å². The molecule has 0 saturated heterocycles. The van der Waals surface area contributed by atoms with Crippen LogP contribution in [0.5, 0.6) is 5.75 Å². The molecule has 0 spiro atoms. The SMILES string of the molecule is COC1=CC(=CC2=C(C)C(C(C)C(=O)NCc3ccc[nH]3)c3cc(OC)ccc32)C=C(OC)C1=O. The molecule has 2 aromatic rings. The second-order valence-corrected chi connectivity index (χ2v) is 8.63. The van der Waals surface area contributed by atoms with Gasteiger partial charge < -0.3 is 24.5 Å². The normalized spacial score (nSPS) is 17.9. The van der Waals surface area contributed by atoms with E-state index in [0.717, 1.165) is 39.3 Å². The molecule has 4 rings (SSSR count). The molecule has 2 aliphatic carbocycles. The van der Waals surface area contributed by atoms with Crippen molar-refractivity contribution < 1.29 is 23.8 Å². The average molecular weight is 475 g/mol. The lowest BCUT2D eigenvalue weighted by Gasteiger charge is -2.22. The molecular weight excluding hydrogens is 444 g/mol. The van der Waals surface area contributed by atoms with Gasteiger partial charge in [-0.15, -0.1) is 0 Å². The number of hydrogen-bond acceptors (Lipinski definition) is 5. The van der Waals surface area contributed by atoms with E-state index < -0.39 is 0 Å². The fourth-order valence-corrected chi connectivity index (χ4v) is 4.74. The van der Waals surface area contributed by atoms with Crippen molar-refractivity contribution in [3.63, 3.8) is 0 Å². The van der Waals surface area contributed by atoms with Gasteiger partial charge in [-0.05, 0) is 71.7 Å². The highest BCUT2D eigenvalue weighted by Gasteiger charge is 2.35. The van der Waals surface area contributed by atoms with Crippen LogP contribution in [0.4, 0.5) is 0 Å². The Morgan fingerprint density at radius 1 is 1.11 bits per heavy atom. The summed E-state index contributed by atoms with van der Waals surface area (Å²) in [6.07, 6.45) is 7.25. The van der Waals surface area contributed by atoms with Crippen LogP contribution in [0, 0.1) is 5.92 Å². The molecule has 2 aliphatic rings. The molecular formula is C28H30N2O5. The summed E-state index contributed by atoms with van der Waals surface area (Å²) in [5.41, 5.74) is 5.86. The lowest BCUT2D eigenvalue weighted by Crippen LogP contribution is -2.32. The van der Waals surface area contributed by atoms with Gasteiger partial charge >= 0.3 is 0 Å². The Labute approximate surface area is 205 Å². The number of ether oxygens (including phenoxy) is 3. The number of nitrogens with one attached hydrogen (secondary N) is 2. The van der Waals surface area contributed by atoms with Crippen LogP contribution in [0.2, 0.25) is 0 Å². The number of Topliss-reactive ketones (excluding diaryl/α,β-unsaturated/α-hetero) is 1. The number of ketones is 1. The van der Waals surface area contributed by atoms with E-state index in [9.17, 15) is 9.59 Å². The third-order valence-electron chi connectivity index (χ3n) is 6.60. The first-order valence-corrected chi connectivity index (χ1v) is 11.4. The average Bonchev–Trinajstić information content (AvgIpc) is 3.48. The smallest absolute Gasteiger partial charge is 0.261 e. The molecule has 7 heteroatoms. The minimum atomic E-state index is -0.310. The van der Waals surface area contributed by atoms with E-state index in [2.05, 4.69) is 10.3 Å². The van der Waals surface area contributed by atoms with E-state index in [4.69, 9.17) is 14.2 Å². The molecule has 0 saturated carbocycles. The maximum atomic E-state index is 13.1. The zero-order valence-corrected chi connectivity index (χ0v) is 20.6. The van der Waals surface area contributed by atoms with Crippen LogP contribution in [0.3, 0.4) is 0 Å². The summed E-state index contributed by atoms with van der Waals surface area (Å²) in [5, 5.41) is 3.04. The summed E-state index contributed by atoms with van der Waals surface area (Å²) >= 11 is 0. The highest BCUT2D eigenvalue weighted by molar-refractivity contribution is 6.07. The van der Waals surface area contributed by atoms with E-state index in [1.807, 2.05) is 56.5 Å². The van der Waals surface area contributed by atoms with Crippen molar-refractivity contribution in [2.75, 3.05) is 21.3 Å². The number of rotatable bonds is 8. The van der Waals surface area contributed by atoms with Crippen molar-refractivity contribution in [2.24, 2.45) is 5.92 Å². The summed E-state index contributed by atoms with van der Waals surface area (Å²) in [6, 6.07) is 9.78. The molecule has 0 fully saturated rings. The van der Waals surface area contributed by atoms with Crippen molar-refractivity contribution in [2.45, 2.75) is 26.3 Å². The zero-order chi connectivity index (χ0) is 25.1. The van der Waals surface area contributed by atoms with Crippen molar-refractivity contribution in [3.05, 3.63) is 94.2 Å². The molecule has 7 nitrogen and oxygen atoms in total. The number of benzene rings is 1. The van der Waals surface area contributed by atoms with Gasteiger partial charge in [-0.3, -0.25) is 9.59 Å². The van der Waals surface area contributed by atoms with Crippen LogP contribution >= 0.6 is 0 Å². The van der Waals surface area contributed by atoms with Crippen LogP contribution in [0.25, 0.3) is 5.57 Å². The topological polar surface area (TPSA) is 89.7 Å². The summed E-state index contributed by atoms with van der Waals surface area (Å²) in [5.74, 6) is 0.414. The van der Waals surface area contributed by atoms with Gasteiger partial charge in [-0.2, -0.15) is 0 Å². The number of methoxy groups -OCH3 is 3. The zero-order valence-electron chi connectivity index (χ0n) is 20.6. The highest BCUT2D eigenvalue weighted by atomic mass is 16.5. The molecule has 1 amide bonds. The predicted octanol–water partition coefficient (Wildman–Crippen LogP) is 4.42. The lowest BCUT2D eigenvalue weighted by atomic mass is 9.84. The largest absolute Gasteiger partial charge is 0.497 e. The first kappa shape index (κ1) is 24.1. The maximum Gasteiger partial charge on any atom is 0.261 e. The summed E-state index contributed by atoms with van der Waals surface area (Å²) in [7, 11) is 4.56. The molecule has 182 valence electrons. The molecule has 2 atom stereocenters. The number of carbonyl (C=O) groups is 2. The van der Waals surface area contributed by atoms with Gasteiger partial charge in [0, 0.05) is 23.7 Å². The second-order valence-electron chi connectivity index (χ2n) is 8.63. The van der Waals surface area contributed by atoms with Crippen LogP contribution < -0.4 is 10.1 Å². The monoisotopic (exact) mass is 474 g/mol. The van der Waals surface area contributed by atoms with Crippen molar-refractivity contribution in [1.29, 1.82) is 0 Å². The van der Waals surface area contributed by atoms with E-state index >= 15 is 0 Å². The Kier molecular flexibility index (Phi) is 6.96. The summed E-state index contributed by atoms with van der Waals surface area (Å²) < 4.78 is 16.0. The Hall–Kier alpha value is -4.00. The van der Waals surface area contributed by atoms with E-state index in [1.165, 1.54) is 14.2 Å². The molecule has 2 N–H and O–H groups in total. The van der Waals surface area contributed by atoms with E-state index in [-0.39, 0.29) is 35.0 Å². The van der Waals surface area contributed by atoms with Crippen molar-refractivity contribution in [3.8, 4) is 5.75 Å². The predicted molar refractivity (Wildman–Crippen MR) is 133 cm³/mol. The number of allylic oxidation sites excluding steroid dienone is 6. The van der Waals surface area contributed by atoms with Crippen molar-refractivity contribution >= 4 is 17.3 Å². The Morgan fingerprint density at radius 2 is 1.83 bits per heavy atom. The molecule has 1 aromatic carbocycles. The number of carbonyl (C=O) groups excluding carboxylic acids is 2. The fourth-order valence-electron chi connectivity index (χ4n) is 4.74. The summed E-state index contributed by atoms with van der Waals surface area (Å²) in [6.45, 7) is 4.44. The first-order valence-electron chi connectivity index (χ1n) is 11.4. The first-order chi connectivity index (χ1) is 16.9. The molecule has 1 heterocycles. The van der Waals surface area contributed by atoms with Crippen LogP contribution in [-0.4, -0.2) is 38.0 Å². The minimum absolute atomic E-state index is 0.0296. The number of H-pyrrole nitrogens is 1. The number of fused-ring (bicyclic) bond motifs is 1. The van der Waals surface area contributed by atoms with Crippen molar-refractivity contribution in [1.82, 2.24) is 10.3 Å². The Balaban J connectivity index is 1.72. The fraction of sp³-hybridized carbons (Fsp3) is 0.286. The molecule has 0 aliphatic heterocycles. The number of aromatic nitrogens is 1. The minimum Gasteiger partial charge on any atom is -0.497 e. The van der Waals surface area contributed by atoms with Gasteiger partial charge in [0.1, 0.15) is 5.75 Å². The molecule has 0 radical (unpaired) electrons. The van der Waals surface area contributed by atoms with Gasteiger partial charge in [0.25, 0.3) is 5.78 Å². The molecule has 0 bridgehead atoms. The lowest BCUT2D eigenvalue weighted by molar-refractivity contribution is -0.125. The van der Waals surface area contributed by atoms with Gasteiger partial charge in [-0.25, -0.2) is 0 Å². The number of amides is 1. The van der Waals surface area contributed by atoms with Gasteiger partial charge in [-0.1, -0.05) is 18.6 Å². The van der Waals surface area contributed by atoms with Crippen LogP contribution in [-0.2, 0) is 25.6 Å². The second kappa shape index (κ2) is 10.1. The van der Waals surface area contributed by atoms with Crippen LogP contribution in [0.15, 0.2) is 77.4 Å². The molecule has 1 aromatic heterocycles. The van der Waals surface area contributed by atoms with Crippen LogP contribution in [0.1, 0.15) is 36.6 Å². The highest BCUT2D eigenvalue weighted by Crippen LogP contribution is 2.48. The Bertz CT molecular complexity index is 1240. The third kappa shape index (κ3) is 4.67. The van der Waals surface area contributed by atoms with Gasteiger partial charge in [0.05, 0.1) is 27.9 Å². The maximum absolute atomic E-state index is 13.1. The van der Waals surface area contributed by atoms with E-state index in [1.54, 1.807) is 19.3 Å². The van der Waals surface area contributed by atoms with Gasteiger partial charge in [0.2, 0.25) is 5.91 Å². The standard InChI is InChI=1S/C28H30N2O5/c1-16-22(11-18-12-24(34-4)27(31)25(13-18)35-5)21-9-8-20(33-3)14-23(21)26(16)17(2)28(32)30-15-19-7-6-10-29-19/h6-14,17,26,29H,15H2,1-5H3,(H,30,32). The number of aromatic amines is 1. The summed E-state index contributed by atoms with van der Waals surface area (Å²) in [4.78, 5) is 28.6. The molecule has 35 heavy (non-hydrogen) atoms.